The first-order chi connectivity index (χ1) is 13.0. The molecule has 0 unspecified atom stereocenters. The molecule has 0 aliphatic heterocycles. The number of carbonyl (C=O) groups excluding carboxylic acids is 1. The minimum Gasteiger partial charge on any atom is -0.459 e. The van der Waals surface area contributed by atoms with Crippen molar-refractivity contribution in [3.63, 3.8) is 0 Å². The van der Waals surface area contributed by atoms with Gasteiger partial charge < -0.3 is 14.8 Å². The zero-order valence-electron chi connectivity index (χ0n) is 14.5. The highest BCUT2D eigenvalue weighted by atomic mass is 35.5. The van der Waals surface area contributed by atoms with Gasteiger partial charge >= 0.3 is 0 Å². The molecule has 3 N–H and O–H groups in total. The van der Waals surface area contributed by atoms with Crippen LogP contribution in [0.5, 0.6) is 0 Å². The Morgan fingerprint density at radius 2 is 1.89 bits per heavy atom. The molecule has 0 atom stereocenters. The maximum Gasteiger partial charge on any atom is 0.257 e. The molecule has 0 aliphatic rings. The Morgan fingerprint density at radius 1 is 1.15 bits per heavy atom. The number of hydrogen-bond donors (Lipinski definition) is 3. The summed E-state index contributed by atoms with van der Waals surface area (Å²) < 4.78 is 5.53. The van der Waals surface area contributed by atoms with E-state index in [1.54, 1.807) is 42.5 Å². The Morgan fingerprint density at radius 3 is 2.56 bits per heavy atom. The summed E-state index contributed by atoms with van der Waals surface area (Å²) in [6, 6.07) is 15.8. The number of hydrogen-bond acceptors (Lipinski definition) is 4. The molecular formula is C20H17ClN2O3S. The van der Waals surface area contributed by atoms with Gasteiger partial charge in [0.15, 0.2) is 5.11 Å². The zero-order valence-corrected chi connectivity index (χ0v) is 16.0. The maximum absolute atomic E-state index is 12.2. The first-order valence-electron chi connectivity index (χ1n) is 8.15. The van der Waals surface area contributed by atoms with E-state index in [2.05, 4.69) is 10.6 Å². The van der Waals surface area contributed by atoms with Crippen LogP contribution < -0.4 is 10.6 Å². The van der Waals surface area contributed by atoms with Crippen molar-refractivity contribution in [2.75, 3.05) is 5.32 Å². The molecular weight excluding hydrogens is 384 g/mol. The van der Waals surface area contributed by atoms with E-state index in [-0.39, 0.29) is 17.6 Å². The summed E-state index contributed by atoms with van der Waals surface area (Å²) in [5.41, 5.74) is 2.89. The molecule has 2 aromatic carbocycles. The first kappa shape index (κ1) is 19.1. The monoisotopic (exact) mass is 400 g/mol. The third-order valence-electron chi connectivity index (χ3n) is 3.85. The molecule has 1 amide bonds. The van der Waals surface area contributed by atoms with Gasteiger partial charge in [-0.1, -0.05) is 29.3 Å². The molecule has 138 valence electrons. The van der Waals surface area contributed by atoms with Gasteiger partial charge in [-0.25, -0.2) is 0 Å². The fourth-order valence-electron chi connectivity index (χ4n) is 2.44. The predicted molar refractivity (Wildman–Crippen MR) is 110 cm³/mol. The minimum atomic E-state index is -0.291. The van der Waals surface area contributed by atoms with Crippen molar-refractivity contribution in [2.24, 2.45) is 0 Å². The normalized spacial score (nSPS) is 10.5. The van der Waals surface area contributed by atoms with Crippen LogP contribution in [0, 0.1) is 6.92 Å². The van der Waals surface area contributed by atoms with E-state index in [1.807, 2.05) is 19.1 Å². The van der Waals surface area contributed by atoms with Crippen LogP contribution in [0.25, 0.3) is 11.3 Å². The quantitative estimate of drug-likeness (QED) is 0.561. The van der Waals surface area contributed by atoms with Crippen LogP contribution in [-0.4, -0.2) is 16.1 Å². The Kier molecular flexibility index (Phi) is 5.91. The second-order valence-corrected chi connectivity index (χ2v) is 6.71. The summed E-state index contributed by atoms with van der Waals surface area (Å²) in [7, 11) is 0. The zero-order chi connectivity index (χ0) is 19.4. The fraction of sp³-hybridized carbons (Fsp3) is 0.100. The van der Waals surface area contributed by atoms with Crippen LogP contribution in [0.15, 0.2) is 59.0 Å². The summed E-state index contributed by atoms with van der Waals surface area (Å²) in [6.07, 6.45) is 0. The molecule has 7 heteroatoms. The highest BCUT2D eigenvalue weighted by Crippen LogP contribution is 2.32. The highest BCUT2D eigenvalue weighted by Gasteiger charge is 2.12. The van der Waals surface area contributed by atoms with Crippen molar-refractivity contribution in [2.45, 2.75) is 13.5 Å². The summed E-state index contributed by atoms with van der Waals surface area (Å²) in [6.45, 7) is 1.76. The number of aryl methyl sites for hydroxylation is 1. The molecule has 0 bridgehead atoms. The van der Waals surface area contributed by atoms with Gasteiger partial charge in [-0.3, -0.25) is 10.1 Å². The number of anilines is 1. The largest absolute Gasteiger partial charge is 0.459 e. The summed E-state index contributed by atoms with van der Waals surface area (Å²) in [4.78, 5) is 12.2. The van der Waals surface area contributed by atoms with E-state index >= 15 is 0 Å². The number of benzene rings is 2. The van der Waals surface area contributed by atoms with E-state index in [0.717, 1.165) is 5.56 Å². The molecule has 0 fully saturated rings. The minimum absolute atomic E-state index is 0.171. The van der Waals surface area contributed by atoms with Crippen LogP contribution in [0.4, 0.5) is 5.69 Å². The van der Waals surface area contributed by atoms with Gasteiger partial charge in [0.25, 0.3) is 5.91 Å². The van der Waals surface area contributed by atoms with Crippen LogP contribution >= 0.6 is 23.8 Å². The van der Waals surface area contributed by atoms with E-state index in [0.29, 0.717) is 33.4 Å². The Labute approximate surface area is 167 Å². The third-order valence-corrected chi connectivity index (χ3v) is 4.38. The number of amides is 1. The molecule has 0 saturated carbocycles. The number of aliphatic hydroxyl groups excluding tert-OH is 1. The van der Waals surface area contributed by atoms with Crippen LogP contribution in [0.3, 0.4) is 0 Å². The molecule has 0 saturated heterocycles. The van der Waals surface area contributed by atoms with Gasteiger partial charge in [0, 0.05) is 16.8 Å². The maximum atomic E-state index is 12.2. The predicted octanol–water partition coefficient (Wildman–Crippen LogP) is 4.53. The second kappa shape index (κ2) is 8.35. The standard InChI is InChI=1S/C20H17ClN2O3S/c1-12-2-4-13(5-3-12)19(25)23-20(27)22-14-6-8-17(21)16(10-14)18-9-7-15(11-24)26-18/h2-10,24H,11H2,1H3,(H2,22,23,25,27). The van der Waals surface area contributed by atoms with Gasteiger partial charge in [-0.15, -0.1) is 0 Å². The molecule has 5 nitrogen and oxygen atoms in total. The molecule has 1 heterocycles. The van der Waals surface area contributed by atoms with Gasteiger partial charge in [0.05, 0.1) is 5.02 Å². The Bertz CT molecular complexity index is 983. The number of thiocarbonyl (C=S) groups is 1. The lowest BCUT2D eigenvalue weighted by molar-refractivity contribution is 0.0977. The van der Waals surface area contributed by atoms with Crippen molar-refractivity contribution < 1.29 is 14.3 Å². The van der Waals surface area contributed by atoms with Crippen molar-refractivity contribution in [3.05, 3.63) is 76.5 Å². The number of aliphatic hydroxyl groups is 1. The average Bonchev–Trinajstić information content (AvgIpc) is 3.12. The SMILES string of the molecule is Cc1ccc(C(=O)NC(=S)Nc2ccc(Cl)c(-c3ccc(CO)o3)c2)cc1. The van der Waals surface area contributed by atoms with Crippen molar-refractivity contribution in [1.82, 2.24) is 5.32 Å². The Hall–Kier alpha value is -2.67. The smallest absolute Gasteiger partial charge is 0.257 e. The highest BCUT2D eigenvalue weighted by molar-refractivity contribution is 7.80. The fourth-order valence-corrected chi connectivity index (χ4v) is 2.86. The van der Waals surface area contributed by atoms with Gasteiger partial charge in [-0.05, 0) is 61.6 Å². The van der Waals surface area contributed by atoms with Crippen molar-refractivity contribution >= 4 is 40.5 Å². The molecule has 3 rings (SSSR count). The van der Waals surface area contributed by atoms with Crippen LogP contribution in [-0.2, 0) is 6.61 Å². The van der Waals surface area contributed by atoms with Crippen molar-refractivity contribution in [1.29, 1.82) is 0 Å². The first-order valence-corrected chi connectivity index (χ1v) is 8.93. The summed E-state index contributed by atoms with van der Waals surface area (Å²) >= 11 is 11.5. The van der Waals surface area contributed by atoms with Gasteiger partial charge in [-0.2, -0.15) is 0 Å². The number of halogens is 1. The average molecular weight is 401 g/mol. The van der Waals surface area contributed by atoms with Crippen LogP contribution in [0.2, 0.25) is 5.02 Å². The Balaban J connectivity index is 1.71. The molecule has 0 spiro atoms. The number of carbonyl (C=O) groups is 1. The molecule has 0 aliphatic carbocycles. The van der Waals surface area contributed by atoms with E-state index in [9.17, 15) is 4.79 Å². The number of furan rings is 1. The van der Waals surface area contributed by atoms with Crippen molar-refractivity contribution in [3.8, 4) is 11.3 Å². The van der Waals surface area contributed by atoms with Crippen LogP contribution in [0.1, 0.15) is 21.7 Å². The molecule has 27 heavy (non-hydrogen) atoms. The lowest BCUT2D eigenvalue weighted by Crippen LogP contribution is -2.34. The lowest BCUT2D eigenvalue weighted by Gasteiger charge is -2.11. The van der Waals surface area contributed by atoms with E-state index < -0.39 is 0 Å². The molecule has 0 radical (unpaired) electrons. The number of nitrogens with one attached hydrogen (secondary N) is 2. The third kappa shape index (κ3) is 4.74. The van der Waals surface area contributed by atoms with E-state index in [1.165, 1.54) is 0 Å². The summed E-state index contributed by atoms with van der Waals surface area (Å²) in [5, 5.41) is 15.4. The molecule has 1 aromatic heterocycles. The number of rotatable bonds is 4. The molecule has 3 aromatic rings. The van der Waals surface area contributed by atoms with Gasteiger partial charge in [0.2, 0.25) is 0 Å². The van der Waals surface area contributed by atoms with E-state index in [4.69, 9.17) is 33.3 Å². The topological polar surface area (TPSA) is 74.5 Å². The van der Waals surface area contributed by atoms with Gasteiger partial charge in [0.1, 0.15) is 18.1 Å². The second-order valence-electron chi connectivity index (χ2n) is 5.89. The lowest BCUT2D eigenvalue weighted by atomic mass is 10.1. The summed E-state index contributed by atoms with van der Waals surface area (Å²) in [5.74, 6) is 0.683.